The number of hydrogen-bond donors (Lipinski definition) is 0. The fourth-order valence-corrected chi connectivity index (χ4v) is 1.54. The molecule has 0 fully saturated rings. The van der Waals surface area contributed by atoms with E-state index in [1.165, 1.54) is 5.56 Å². The van der Waals surface area contributed by atoms with Crippen LogP contribution < -0.4 is 4.74 Å². The van der Waals surface area contributed by atoms with Gasteiger partial charge >= 0.3 is 0 Å². The number of ether oxygens (including phenoxy) is 1. The first-order chi connectivity index (χ1) is 7.10. The number of ketones is 1. The summed E-state index contributed by atoms with van der Waals surface area (Å²) in [6.07, 6.45) is 1.07. The van der Waals surface area contributed by atoms with Gasteiger partial charge in [0.05, 0.1) is 12.7 Å². The smallest absolute Gasteiger partial charge is 0.163 e. The molecule has 2 nitrogen and oxygen atoms in total. The Hall–Kier alpha value is -1.31. The number of carbonyl (C=O) groups excluding carboxylic acids is 1. The summed E-state index contributed by atoms with van der Waals surface area (Å²) < 4.78 is 5.15. The molecule has 2 heteroatoms. The summed E-state index contributed by atoms with van der Waals surface area (Å²) in [4.78, 5) is 11.4. The maximum Gasteiger partial charge on any atom is 0.163 e. The molecule has 0 aromatic heterocycles. The van der Waals surface area contributed by atoms with Crippen molar-refractivity contribution in [3.63, 3.8) is 0 Å². The van der Waals surface area contributed by atoms with Crippen molar-refractivity contribution in [2.75, 3.05) is 7.11 Å². The van der Waals surface area contributed by atoms with Gasteiger partial charge in [-0.1, -0.05) is 19.9 Å². The third-order valence-electron chi connectivity index (χ3n) is 2.78. The van der Waals surface area contributed by atoms with Gasteiger partial charge in [0.25, 0.3) is 0 Å². The molecule has 1 aromatic carbocycles. The Bertz CT molecular complexity index is 356. The molecule has 0 aliphatic carbocycles. The van der Waals surface area contributed by atoms with Crippen LogP contribution in [-0.4, -0.2) is 12.9 Å². The molecular formula is C13H18O2. The van der Waals surface area contributed by atoms with Crippen LogP contribution in [0.1, 0.15) is 49.0 Å². The van der Waals surface area contributed by atoms with E-state index >= 15 is 0 Å². The molecule has 0 spiro atoms. The van der Waals surface area contributed by atoms with Crippen LogP contribution >= 0.6 is 0 Å². The number of carbonyl (C=O) groups is 1. The molecule has 1 atom stereocenters. The molecule has 0 saturated carbocycles. The van der Waals surface area contributed by atoms with Gasteiger partial charge in [0.2, 0.25) is 0 Å². The molecule has 0 aliphatic heterocycles. The Morgan fingerprint density at radius 3 is 2.60 bits per heavy atom. The minimum atomic E-state index is 0.0528. The highest BCUT2D eigenvalue weighted by atomic mass is 16.5. The number of benzene rings is 1. The highest BCUT2D eigenvalue weighted by Gasteiger charge is 2.11. The molecule has 0 amide bonds. The summed E-state index contributed by atoms with van der Waals surface area (Å²) in [5.41, 5.74) is 1.87. The molecular weight excluding hydrogens is 188 g/mol. The monoisotopic (exact) mass is 206 g/mol. The van der Waals surface area contributed by atoms with Crippen molar-refractivity contribution in [1.29, 1.82) is 0 Å². The van der Waals surface area contributed by atoms with Gasteiger partial charge in [-0.25, -0.2) is 0 Å². The molecule has 0 aliphatic rings. The van der Waals surface area contributed by atoms with Gasteiger partial charge in [-0.05, 0) is 37.0 Å². The van der Waals surface area contributed by atoms with Crippen LogP contribution in [0, 0.1) is 0 Å². The van der Waals surface area contributed by atoms with Gasteiger partial charge in [-0.3, -0.25) is 4.79 Å². The lowest BCUT2D eigenvalue weighted by molar-refractivity contribution is 0.101. The minimum Gasteiger partial charge on any atom is -0.496 e. The molecule has 1 rings (SSSR count). The number of hydrogen-bond acceptors (Lipinski definition) is 2. The zero-order valence-corrected chi connectivity index (χ0v) is 9.83. The van der Waals surface area contributed by atoms with E-state index in [9.17, 15) is 4.79 Å². The molecule has 0 heterocycles. The summed E-state index contributed by atoms with van der Waals surface area (Å²) in [5.74, 6) is 1.19. The van der Waals surface area contributed by atoms with Crippen LogP contribution in [0.2, 0.25) is 0 Å². The maximum atomic E-state index is 11.4. The van der Waals surface area contributed by atoms with Crippen molar-refractivity contribution in [2.24, 2.45) is 0 Å². The first-order valence-electron chi connectivity index (χ1n) is 5.29. The molecule has 1 aromatic rings. The second kappa shape index (κ2) is 4.96. The largest absolute Gasteiger partial charge is 0.496 e. The Kier molecular flexibility index (Phi) is 3.89. The van der Waals surface area contributed by atoms with Gasteiger partial charge in [-0.15, -0.1) is 0 Å². The molecule has 0 saturated heterocycles. The normalized spacial score (nSPS) is 12.3. The topological polar surface area (TPSA) is 26.3 Å². The van der Waals surface area contributed by atoms with Gasteiger partial charge < -0.3 is 4.74 Å². The minimum absolute atomic E-state index is 0.0528. The zero-order chi connectivity index (χ0) is 11.4. The summed E-state index contributed by atoms with van der Waals surface area (Å²) in [6.45, 7) is 5.87. The third-order valence-corrected chi connectivity index (χ3v) is 2.78. The van der Waals surface area contributed by atoms with E-state index in [1.807, 2.05) is 18.2 Å². The first kappa shape index (κ1) is 11.8. The van der Waals surface area contributed by atoms with Crippen LogP contribution in [0.15, 0.2) is 18.2 Å². The second-order valence-corrected chi connectivity index (χ2v) is 3.83. The number of methoxy groups -OCH3 is 1. The molecule has 0 N–H and O–H groups in total. The standard InChI is InChI=1S/C13H18O2/c1-5-9(2)11-6-7-13(15-4)12(8-11)10(3)14/h6-9H,5H2,1-4H3. The fraction of sp³-hybridized carbons (Fsp3) is 0.462. The van der Waals surface area contributed by atoms with E-state index in [1.54, 1.807) is 14.0 Å². The van der Waals surface area contributed by atoms with Crippen molar-refractivity contribution < 1.29 is 9.53 Å². The summed E-state index contributed by atoms with van der Waals surface area (Å²) in [7, 11) is 1.59. The van der Waals surface area contributed by atoms with Crippen molar-refractivity contribution in [3.05, 3.63) is 29.3 Å². The second-order valence-electron chi connectivity index (χ2n) is 3.83. The van der Waals surface area contributed by atoms with E-state index in [0.717, 1.165) is 6.42 Å². The van der Waals surface area contributed by atoms with Crippen LogP contribution in [-0.2, 0) is 0 Å². The molecule has 15 heavy (non-hydrogen) atoms. The van der Waals surface area contributed by atoms with Gasteiger partial charge in [0, 0.05) is 0 Å². The molecule has 0 bridgehead atoms. The van der Waals surface area contributed by atoms with Crippen LogP contribution in [0.25, 0.3) is 0 Å². The Morgan fingerprint density at radius 2 is 2.13 bits per heavy atom. The maximum absolute atomic E-state index is 11.4. The molecule has 1 unspecified atom stereocenters. The highest BCUT2D eigenvalue weighted by Crippen LogP contribution is 2.26. The van der Waals surface area contributed by atoms with Crippen LogP contribution in [0.3, 0.4) is 0 Å². The van der Waals surface area contributed by atoms with Crippen molar-refractivity contribution >= 4 is 5.78 Å². The van der Waals surface area contributed by atoms with Gasteiger partial charge in [0.1, 0.15) is 5.75 Å². The SMILES string of the molecule is CCC(C)c1ccc(OC)c(C(C)=O)c1. The van der Waals surface area contributed by atoms with Gasteiger partial charge in [0.15, 0.2) is 5.78 Å². The lowest BCUT2D eigenvalue weighted by atomic mass is 9.95. The quantitative estimate of drug-likeness (QED) is 0.706. The number of Topliss-reactive ketones (excluding diaryl/α,β-unsaturated/α-hetero) is 1. The summed E-state index contributed by atoms with van der Waals surface area (Å²) in [6, 6.07) is 5.84. The fourth-order valence-electron chi connectivity index (χ4n) is 1.54. The Morgan fingerprint density at radius 1 is 1.47 bits per heavy atom. The van der Waals surface area contributed by atoms with Crippen LogP contribution in [0.4, 0.5) is 0 Å². The van der Waals surface area contributed by atoms with E-state index in [0.29, 0.717) is 17.2 Å². The summed E-state index contributed by atoms with van der Waals surface area (Å²) >= 11 is 0. The van der Waals surface area contributed by atoms with E-state index in [2.05, 4.69) is 13.8 Å². The number of rotatable bonds is 4. The Balaban J connectivity index is 3.16. The average molecular weight is 206 g/mol. The Labute approximate surface area is 91.3 Å². The van der Waals surface area contributed by atoms with E-state index < -0.39 is 0 Å². The van der Waals surface area contributed by atoms with Crippen molar-refractivity contribution in [1.82, 2.24) is 0 Å². The van der Waals surface area contributed by atoms with Crippen LogP contribution in [0.5, 0.6) is 5.75 Å². The first-order valence-corrected chi connectivity index (χ1v) is 5.29. The zero-order valence-electron chi connectivity index (χ0n) is 9.83. The lowest BCUT2D eigenvalue weighted by Gasteiger charge is -2.12. The highest BCUT2D eigenvalue weighted by molar-refractivity contribution is 5.97. The van der Waals surface area contributed by atoms with Crippen molar-refractivity contribution in [3.8, 4) is 5.75 Å². The average Bonchev–Trinajstić information content (AvgIpc) is 2.27. The van der Waals surface area contributed by atoms with E-state index in [4.69, 9.17) is 4.74 Å². The summed E-state index contributed by atoms with van der Waals surface area (Å²) in [5, 5.41) is 0. The molecule has 82 valence electrons. The molecule has 0 radical (unpaired) electrons. The van der Waals surface area contributed by atoms with Gasteiger partial charge in [-0.2, -0.15) is 0 Å². The third kappa shape index (κ3) is 2.58. The van der Waals surface area contributed by atoms with Crippen molar-refractivity contribution in [2.45, 2.75) is 33.1 Å². The lowest BCUT2D eigenvalue weighted by Crippen LogP contribution is -2.00. The van der Waals surface area contributed by atoms with E-state index in [-0.39, 0.29) is 5.78 Å². The predicted octanol–water partition coefficient (Wildman–Crippen LogP) is 3.41. The predicted molar refractivity (Wildman–Crippen MR) is 61.7 cm³/mol.